The average Bonchev–Trinajstić information content (AvgIpc) is 2.43. The fraction of sp³-hybridized carbons (Fsp3) is 0.833. The van der Waals surface area contributed by atoms with Crippen LogP contribution >= 0.6 is 34.8 Å². The van der Waals surface area contributed by atoms with Crippen LogP contribution in [-0.4, -0.2) is 30.2 Å². The van der Waals surface area contributed by atoms with Crippen LogP contribution in [0.15, 0.2) is 12.2 Å². The van der Waals surface area contributed by atoms with Gasteiger partial charge in [0.1, 0.15) is 0 Å². The maximum absolute atomic E-state index is 11.7. The summed E-state index contributed by atoms with van der Waals surface area (Å²) in [5.74, 6) is -0.234. The fourth-order valence-corrected chi connectivity index (χ4v) is 4.26. The largest absolute Gasteiger partial charge is 0.413 e. The van der Waals surface area contributed by atoms with E-state index in [0.29, 0.717) is 5.92 Å². The first kappa shape index (κ1) is 23.3. The second-order valence-corrected chi connectivity index (χ2v) is 15.5. The molecule has 0 aliphatic heterocycles. The van der Waals surface area contributed by atoms with Gasteiger partial charge in [0, 0.05) is 12.0 Å². The molecule has 3 atom stereocenters. The van der Waals surface area contributed by atoms with Gasteiger partial charge < -0.3 is 9.74 Å². The molecular formula is C18H32Cl3NO2Si. The van der Waals surface area contributed by atoms with Crippen molar-refractivity contribution >= 4 is 49.0 Å². The summed E-state index contributed by atoms with van der Waals surface area (Å²) in [5, 5.41) is 2.89. The molecule has 1 aliphatic carbocycles. The normalized spacial score (nSPS) is 24.4. The van der Waals surface area contributed by atoms with Crippen molar-refractivity contribution in [2.24, 2.45) is 5.92 Å². The van der Waals surface area contributed by atoms with Crippen molar-refractivity contribution < 1.29 is 9.22 Å². The molecule has 0 radical (unpaired) electrons. The van der Waals surface area contributed by atoms with Crippen molar-refractivity contribution in [3.05, 3.63) is 12.2 Å². The highest BCUT2D eigenvalue weighted by molar-refractivity contribution is 6.76. The molecule has 0 aromatic carbocycles. The van der Waals surface area contributed by atoms with E-state index >= 15 is 0 Å². The van der Waals surface area contributed by atoms with E-state index in [0.717, 1.165) is 12.8 Å². The van der Waals surface area contributed by atoms with Crippen LogP contribution in [0, 0.1) is 5.92 Å². The molecule has 1 fully saturated rings. The van der Waals surface area contributed by atoms with Crippen LogP contribution in [0.1, 0.15) is 53.4 Å². The van der Waals surface area contributed by atoms with Gasteiger partial charge in [-0.1, -0.05) is 80.6 Å². The van der Waals surface area contributed by atoms with Gasteiger partial charge >= 0.3 is 0 Å². The van der Waals surface area contributed by atoms with E-state index in [-0.39, 0.29) is 17.2 Å². The van der Waals surface area contributed by atoms with Gasteiger partial charge in [-0.2, -0.15) is 0 Å². The van der Waals surface area contributed by atoms with Crippen LogP contribution in [-0.2, 0) is 9.22 Å². The molecule has 0 heterocycles. The second-order valence-electron chi connectivity index (χ2n) is 8.51. The summed E-state index contributed by atoms with van der Waals surface area (Å²) in [6.07, 6.45) is 9.02. The lowest BCUT2D eigenvalue weighted by Crippen LogP contribution is -2.46. The number of carbonyl (C=O) groups excluding carboxylic acids is 1. The molecule has 0 unspecified atom stereocenters. The van der Waals surface area contributed by atoms with Gasteiger partial charge in [0.05, 0.1) is 6.10 Å². The molecule has 1 saturated carbocycles. The summed E-state index contributed by atoms with van der Waals surface area (Å²) in [5.41, 5.74) is 0. The van der Waals surface area contributed by atoms with Crippen molar-refractivity contribution in [3.8, 4) is 0 Å². The minimum atomic E-state index is -1.93. The van der Waals surface area contributed by atoms with Crippen LogP contribution in [0.4, 0.5) is 0 Å². The number of alkyl halides is 3. The van der Waals surface area contributed by atoms with Crippen LogP contribution in [0.2, 0.25) is 18.1 Å². The standard InChI is InChI=1S/C18H32Cl3NO2Si/c1-13(22-16(23)18(19,20)21)11-12-14-9-7-8-10-15(14)24-25(5,6)17(2,3)4/h11-15H,7-10H2,1-6H3,(H,22,23)/t13-,14-,15-/m0/s1. The van der Waals surface area contributed by atoms with Gasteiger partial charge in [-0.05, 0) is 37.9 Å². The molecule has 1 rings (SSSR count). The second kappa shape index (κ2) is 8.96. The van der Waals surface area contributed by atoms with Gasteiger partial charge in [-0.25, -0.2) is 0 Å². The van der Waals surface area contributed by atoms with E-state index in [1.165, 1.54) is 12.8 Å². The lowest BCUT2D eigenvalue weighted by atomic mass is 9.86. The Morgan fingerprint density at radius 1 is 1.20 bits per heavy atom. The van der Waals surface area contributed by atoms with E-state index in [1.807, 2.05) is 13.0 Å². The Morgan fingerprint density at radius 3 is 2.28 bits per heavy atom. The van der Waals surface area contributed by atoms with E-state index in [9.17, 15) is 4.79 Å². The summed E-state index contributed by atoms with van der Waals surface area (Å²) >= 11 is 16.8. The Balaban J connectivity index is 2.72. The predicted molar refractivity (Wildman–Crippen MR) is 111 cm³/mol. The Bertz CT molecular complexity index is 484. The third kappa shape index (κ3) is 7.41. The summed E-state index contributed by atoms with van der Waals surface area (Å²) in [6, 6.07) is -0.196. The molecule has 0 aromatic rings. The van der Waals surface area contributed by atoms with Gasteiger partial charge in [-0.3, -0.25) is 4.79 Å². The third-order valence-corrected chi connectivity index (χ3v) is 10.3. The Morgan fingerprint density at radius 2 is 1.76 bits per heavy atom. The van der Waals surface area contributed by atoms with Crippen LogP contribution in [0.5, 0.6) is 0 Å². The number of amides is 1. The lowest BCUT2D eigenvalue weighted by molar-refractivity contribution is -0.120. The van der Waals surface area contributed by atoms with Crippen molar-refractivity contribution in [1.82, 2.24) is 5.32 Å². The fourth-order valence-electron chi connectivity index (χ4n) is 2.69. The van der Waals surface area contributed by atoms with Crippen molar-refractivity contribution in [1.29, 1.82) is 0 Å². The van der Waals surface area contributed by atoms with Gasteiger partial charge in [0.2, 0.25) is 0 Å². The molecule has 0 aromatic heterocycles. The smallest absolute Gasteiger partial charge is 0.272 e. The van der Waals surface area contributed by atoms with Crippen LogP contribution < -0.4 is 5.32 Å². The third-order valence-electron chi connectivity index (χ3n) is 5.27. The number of rotatable bonds is 5. The highest BCUT2D eigenvalue weighted by Gasteiger charge is 2.40. The van der Waals surface area contributed by atoms with Crippen LogP contribution in [0.25, 0.3) is 0 Å². The molecule has 0 bridgehead atoms. The number of hydrogen-bond acceptors (Lipinski definition) is 2. The highest BCUT2D eigenvalue weighted by Crippen LogP contribution is 2.40. The van der Waals surface area contributed by atoms with Gasteiger partial charge in [-0.15, -0.1) is 0 Å². The quantitative estimate of drug-likeness (QED) is 0.331. The van der Waals surface area contributed by atoms with Gasteiger partial charge in [0.15, 0.2) is 8.32 Å². The summed E-state index contributed by atoms with van der Waals surface area (Å²) < 4.78 is 4.73. The maximum atomic E-state index is 11.7. The van der Waals surface area contributed by atoms with Crippen molar-refractivity contribution in [3.63, 3.8) is 0 Å². The topological polar surface area (TPSA) is 38.3 Å². The highest BCUT2D eigenvalue weighted by atomic mass is 35.6. The first-order valence-electron chi connectivity index (χ1n) is 8.98. The summed E-state index contributed by atoms with van der Waals surface area (Å²) in [6.45, 7) is 13.3. The molecule has 146 valence electrons. The zero-order valence-corrected chi connectivity index (χ0v) is 19.4. The maximum Gasteiger partial charge on any atom is 0.272 e. The molecule has 0 spiro atoms. The summed E-state index contributed by atoms with van der Waals surface area (Å²) in [4.78, 5) is 11.7. The monoisotopic (exact) mass is 427 g/mol. The molecule has 1 N–H and O–H groups in total. The minimum absolute atomic E-state index is 0.196. The van der Waals surface area contributed by atoms with Crippen molar-refractivity contribution in [2.75, 3.05) is 0 Å². The first-order chi connectivity index (χ1) is 11.2. The van der Waals surface area contributed by atoms with E-state index < -0.39 is 18.0 Å². The van der Waals surface area contributed by atoms with Gasteiger partial charge in [0.25, 0.3) is 9.70 Å². The van der Waals surface area contributed by atoms with E-state index in [2.05, 4.69) is 45.3 Å². The van der Waals surface area contributed by atoms with Crippen LogP contribution in [0.3, 0.4) is 0 Å². The molecule has 3 nitrogen and oxygen atoms in total. The zero-order valence-electron chi connectivity index (χ0n) is 16.2. The zero-order chi connectivity index (χ0) is 19.5. The van der Waals surface area contributed by atoms with Crippen molar-refractivity contribution in [2.45, 2.75) is 87.4 Å². The van der Waals surface area contributed by atoms with E-state index in [1.54, 1.807) is 0 Å². The first-order valence-corrected chi connectivity index (χ1v) is 13.0. The number of nitrogens with one attached hydrogen (secondary N) is 1. The number of halogens is 3. The molecule has 1 amide bonds. The average molecular weight is 429 g/mol. The van der Waals surface area contributed by atoms with E-state index in [4.69, 9.17) is 39.2 Å². The number of hydrogen-bond donors (Lipinski definition) is 1. The Kier molecular flexibility index (Phi) is 8.35. The molecule has 1 aliphatic rings. The minimum Gasteiger partial charge on any atom is -0.413 e. The SMILES string of the molecule is C[C@@H](C=C[C@@H]1CCCC[C@@H]1O[Si](C)(C)C(C)(C)C)NC(=O)C(Cl)(Cl)Cl. The lowest BCUT2D eigenvalue weighted by Gasteiger charge is -2.42. The Hall–Kier alpha value is 0.257. The Labute approximate surface area is 168 Å². The number of carbonyl (C=O) groups is 1. The summed E-state index contributed by atoms with van der Waals surface area (Å²) in [7, 11) is -1.80. The molecule has 7 heteroatoms. The molecular weight excluding hydrogens is 397 g/mol. The predicted octanol–water partition coefficient (Wildman–Crippen LogP) is 6.00. The molecule has 25 heavy (non-hydrogen) atoms. The molecule has 0 saturated heterocycles.